The van der Waals surface area contributed by atoms with Gasteiger partial charge in [0.25, 0.3) is 0 Å². The summed E-state index contributed by atoms with van der Waals surface area (Å²) in [5.74, 6) is -2.45. The number of pyridine rings is 1. The van der Waals surface area contributed by atoms with Crippen molar-refractivity contribution >= 4 is 17.9 Å². The molecule has 8 nitrogen and oxygen atoms in total. The summed E-state index contributed by atoms with van der Waals surface area (Å²) in [6.07, 6.45) is 3.78. The number of carboxylic acid groups (broad SMARTS) is 3. The number of aromatic nitrogens is 1. The van der Waals surface area contributed by atoms with E-state index in [1.165, 1.54) is 4.90 Å². The van der Waals surface area contributed by atoms with Crippen LogP contribution in [-0.2, 0) is 14.4 Å². The second-order valence-electron chi connectivity index (χ2n) is 6.26. The monoisotopic (exact) mass is 570 g/mol. The summed E-state index contributed by atoms with van der Waals surface area (Å²) in [5.41, 5.74) is 0. The predicted molar refractivity (Wildman–Crippen MR) is 172 cm³/mol. The van der Waals surface area contributed by atoms with Gasteiger partial charge in [0, 0.05) is 18.8 Å². The van der Waals surface area contributed by atoms with Crippen LogP contribution in [0.3, 0.4) is 0 Å². The molecule has 3 N–H and O–H groups in total. The highest BCUT2D eigenvalue weighted by Gasteiger charge is 2.10. The number of nitrogens with zero attached hydrogens (tertiary/aromatic N) is 2. The molecule has 0 saturated heterocycles. The van der Waals surface area contributed by atoms with Gasteiger partial charge in [-0.2, -0.15) is 0 Å². The summed E-state index contributed by atoms with van der Waals surface area (Å²) in [6, 6.07) is 17.7. The molecule has 2 rings (SSSR count). The molecule has 1 aromatic heterocycles. The van der Waals surface area contributed by atoms with Gasteiger partial charge >= 0.3 is 17.9 Å². The van der Waals surface area contributed by atoms with Crippen LogP contribution < -0.4 is 0 Å². The summed E-state index contributed by atoms with van der Waals surface area (Å²) >= 11 is 0. The van der Waals surface area contributed by atoms with Gasteiger partial charge in [-0.1, -0.05) is 132 Å². The normalized spacial score (nSPS) is 7.58. The molecule has 40 heavy (non-hydrogen) atoms. The molecule has 0 amide bonds. The average molecular weight is 571 g/mol. The molecule has 0 saturated carbocycles. The highest BCUT2D eigenvalue weighted by Crippen LogP contribution is 1.96. The molecule has 0 aliphatic carbocycles. The van der Waals surface area contributed by atoms with Crippen molar-refractivity contribution in [2.24, 2.45) is 5.92 Å². The van der Waals surface area contributed by atoms with Crippen LogP contribution in [0.25, 0.3) is 0 Å². The molecule has 0 aliphatic heterocycles. The first-order valence-corrected chi connectivity index (χ1v) is 14.4. The first kappa shape index (κ1) is 53.1. The minimum Gasteiger partial charge on any atom is -0.481 e. The first-order chi connectivity index (χ1) is 19.2. The number of hydrogen-bond acceptors (Lipinski definition) is 5. The Morgan fingerprint density at radius 3 is 0.950 bits per heavy atom. The van der Waals surface area contributed by atoms with Gasteiger partial charge in [-0.3, -0.25) is 24.3 Å². The third-order valence-electron chi connectivity index (χ3n) is 2.98. The average Bonchev–Trinajstić information content (AvgIpc) is 2.99. The minimum absolute atomic E-state index is 0.219. The third-order valence-corrected chi connectivity index (χ3v) is 2.98. The van der Waals surface area contributed by atoms with E-state index in [4.69, 9.17) is 15.3 Å². The number of carbonyl (C=O) groups is 3. The topological polar surface area (TPSA) is 128 Å². The predicted octanol–water partition coefficient (Wildman–Crippen LogP) is 8.49. The summed E-state index contributed by atoms with van der Waals surface area (Å²) < 4.78 is 0. The Balaban J connectivity index is -0.0000000667. The van der Waals surface area contributed by atoms with Crippen LogP contribution in [0.5, 0.6) is 0 Å². The number of benzene rings is 1. The van der Waals surface area contributed by atoms with Gasteiger partial charge in [0.05, 0.1) is 13.1 Å². The molecule has 0 spiro atoms. The van der Waals surface area contributed by atoms with E-state index in [-0.39, 0.29) is 25.4 Å². The van der Waals surface area contributed by atoms with E-state index in [1.807, 2.05) is 138 Å². The first-order valence-electron chi connectivity index (χ1n) is 14.4. The van der Waals surface area contributed by atoms with Crippen molar-refractivity contribution in [1.82, 2.24) is 9.88 Å². The van der Waals surface area contributed by atoms with Gasteiger partial charge in [-0.25, -0.2) is 0 Å². The molecule has 8 heteroatoms. The van der Waals surface area contributed by atoms with Gasteiger partial charge in [0.2, 0.25) is 0 Å². The van der Waals surface area contributed by atoms with Crippen molar-refractivity contribution in [1.29, 1.82) is 0 Å². The number of carboxylic acids is 3. The number of aliphatic carboxylic acids is 3. The number of hydrogen-bond donors (Lipinski definition) is 3. The minimum atomic E-state index is -1.01. The SMILES string of the molecule is CC.CC.CC.CC.CC.CC(C)CC(=O)O.CCN(CC(=O)O)CC(=O)O.c1ccccc1.c1ccncc1. The summed E-state index contributed by atoms with van der Waals surface area (Å²) in [4.78, 5) is 35.1. The van der Waals surface area contributed by atoms with Crippen molar-refractivity contribution in [3.63, 3.8) is 0 Å². The van der Waals surface area contributed by atoms with Gasteiger partial charge in [0.1, 0.15) is 0 Å². The van der Waals surface area contributed by atoms with E-state index in [9.17, 15) is 14.4 Å². The molecule has 0 atom stereocenters. The van der Waals surface area contributed by atoms with E-state index in [0.29, 0.717) is 6.54 Å². The van der Waals surface area contributed by atoms with Gasteiger partial charge in [-0.15, -0.1) is 0 Å². The maximum atomic E-state index is 10.1. The molecule has 0 bridgehead atoms. The molecular weight excluding hydrogens is 508 g/mol. The standard InChI is InChI=1S/C6H11NO4.C6H6.C5H5N.C5H10O2.5C2H6/c1-2-7(3-5(8)9)4-6(10)11;2*1-2-4-6-5-3-1;1-4(2)3-5(6)7;5*1-2/h2-4H2,1H3,(H,8,9)(H,10,11);1-6H;1-5H;4H,3H2,1-2H3,(H,6,7);5*1-2H3. The van der Waals surface area contributed by atoms with Crippen molar-refractivity contribution in [2.75, 3.05) is 19.6 Å². The van der Waals surface area contributed by atoms with Crippen LogP contribution >= 0.6 is 0 Å². The Hall–Kier alpha value is -3.26. The van der Waals surface area contributed by atoms with Crippen molar-refractivity contribution in [3.8, 4) is 0 Å². The largest absolute Gasteiger partial charge is 0.481 e. The molecular formula is C32H62N2O6. The van der Waals surface area contributed by atoms with Crippen LogP contribution in [-0.4, -0.2) is 62.7 Å². The molecule has 0 fully saturated rings. The molecule has 0 unspecified atom stereocenters. The summed E-state index contributed by atoms with van der Waals surface area (Å²) in [5, 5.41) is 24.7. The van der Waals surface area contributed by atoms with E-state index in [0.717, 1.165) is 0 Å². The fourth-order valence-electron chi connectivity index (χ4n) is 1.71. The zero-order chi connectivity index (χ0) is 33.2. The van der Waals surface area contributed by atoms with Crippen molar-refractivity contribution in [3.05, 3.63) is 67.0 Å². The molecule has 236 valence electrons. The fraction of sp³-hybridized carbons (Fsp3) is 0.562. The molecule has 1 heterocycles. The second-order valence-corrected chi connectivity index (χ2v) is 6.26. The molecule has 0 aliphatic rings. The van der Waals surface area contributed by atoms with E-state index >= 15 is 0 Å². The maximum absolute atomic E-state index is 10.1. The highest BCUT2D eigenvalue weighted by atomic mass is 16.4. The van der Waals surface area contributed by atoms with Crippen molar-refractivity contribution in [2.45, 2.75) is 96.4 Å². The lowest BCUT2D eigenvalue weighted by Gasteiger charge is -2.13. The van der Waals surface area contributed by atoms with Gasteiger partial charge < -0.3 is 15.3 Å². The number of likely N-dealkylation sites (N-methyl/N-ethyl adjacent to an activating group) is 1. The second kappa shape index (κ2) is 56.1. The molecule has 1 aromatic carbocycles. The zero-order valence-corrected chi connectivity index (χ0v) is 27.7. The molecule has 2 aromatic rings. The van der Waals surface area contributed by atoms with Gasteiger partial charge in [0.15, 0.2) is 0 Å². The Morgan fingerprint density at radius 1 is 0.575 bits per heavy atom. The third kappa shape index (κ3) is 76.5. The van der Waals surface area contributed by atoms with Gasteiger partial charge in [-0.05, 0) is 24.6 Å². The Morgan fingerprint density at radius 2 is 0.850 bits per heavy atom. The summed E-state index contributed by atoms with van der Waals surface area (Å²) in [6.45, 7) is 25.5. The number of rotatable bonds is 7. The van der Waals surface area contributed by atoms with Crippen LogP contribution in [0.2, 0.25) is 0 Å². The summed E-state index contributed by atoms with van der Waals surface area (Å²) in [7, 11) is 0. The van der Waals surface area contributed by atoms with Crippen LogP contribution in [0.4, 0.5) is 0 Å². The van der Waals surface area contributed by atoms with Crippen LogP contribution in [0, 0.1) is 5.92 Å². The zero-order valence-electron chi connectivity index (χ0n) is 27.7. The van der Waals surface area contributed by atoms with Crippen molar-refractivity contribution < 1.29 is 29.7 Å². The Kier molecular flexibility index (Phi) is 74.4. The fourth-order valence-corrected chi connectivity index (χ4v) is 1.71. The van der Waals surface area contributed by atoms with E-state index < -0.39 is 17.9 Å². The maximum Gasteiger partial charge on any atom is 0.317 e. The quantitative estimate of drug-likeness (QED) is 0.302. The molecule has 0 radical (unpaired) electrons. The highest BCUT2D eigenvalue weighted by molar-refractivity contribution is 5.72. The lowest BCUT2D eigenvalue weighted by atomic mass is 10.1. The van der Waals surface area contributed by atoms with E-state index in [1.54, 1.807) is 19.3 Å². The lowest BCUT2D eigenvalue weighted by molar-refractivity contribution is -0.142. The van der Waals surface area contributed by atoms with Crippen LogP contribution in [0.15, 0.2) is 67.0 Å². The van der Waals surface area contributed by atoms with E-state index in [2.05, 4.69) is 4.98 Å². The Labute approximate surface area is 246 Å². The lowest BCUT2D eigenvalue weighted by Crippen LogP contribution is -2.34. The Bertz CT molecular complexity index is 569. The smallest absolute Gasteiger partial charge is 0.317 e. The van der Waals surface area contributed by atoms with Crippen LogP contribution in [0.1, 0.15) is 96.4 Å².